The van der Waals surface area contributed by atoms with Crippen LogP contribution in [-0.2, 0) is 13.1 Å². The van der Waals surface area contributed by atoms with E-state index in [1.54, 1.807) is 4.90 Å². The highest BCUT2D eigenvalue weighted by atomic mass is 35.5. The van der Waals surface area contributed by atoms with Crippen molar-refractivity contribution in [2.45, 2.75) is 32.0 Å². The number of quaternary nitrogens is 2. The van der Waals surface area contributed by atoms with Crippen LogP contribution in [0.15, 0.2) is 54.6 Å². The molecule has 1 saturated heterocycles. The van der Waals surface area contributed by atoms with Crippen LogP contribution in [0.4, 0.5) is 0 Å². The molecule has 1 aliphatic rings. The molecule has 0 aromatic heterocycles. The van der Waals surface area contributed by atoms with Gasteiger partial charge in [-0.3, -0.25) is 0 Å². The van der Waals surface area contributed by atoms with Crippen LogP contribution >= 0.6 is 11.6 Å². The van der Waals surface area contributed by atoms with Gasteiger partial charge in [0.15, 0.2) is 0 Å². The lowest BCUT2D eigenvalue weighted by Crippen LogP contribution is -3.13. The average Bonchev–Trinajstić information content (AvgIpc) is 2.57. The number of hydrogen-bond acceptors (Lipinski definition) is 0. The van der Waals surface area contributed by atoms with Crippen LogP contribution < -0.4 is 10.2 Å². The fourth-order valence-corrected chi connectivity index (χ4v) is 3.39. The number of nitrogens with one attached hydrogen (secondary N) is 1. The van der Waals surface area contributed by atoms with Crippen molar-refractivity contribution in [1.29, 1.82) is 0 Å². The van der Waals surface area contributed by atoms with Crippen molar-refractivity contribution in [1.82, 2.24) is 0 Å². The Bertz CT molecular complexity index is 560. The second-order valence-electron chi connectivity index (χ2n) is 6.32. The lowest BCUT2D eigenvalue weighted by Gasteiger charge is -2.28. The second-order valence-corrected chi connectivity index (χ2v) is 6.75. The van der Waals surface area contributed by atoms with Crippen molar-refractivity contribution in [2.75, 3.05) is 13.1 Å². The summed E-state index contributed by atoms with van der Waals surface area (Å²) in [7, 11) is 0. The summed E-state index contributed by atoms with van der Waals surface area (Å²) in [5.74, 6) is 0. The Morgan fingerprint density at radius 2 is 1.59 bits per heavy atom. The summed E-state index contributed by atoms with van der Waals surface area (Å²) in [6.07, 6.45) is 2.63. The Morgan fingerprint density at radius 1 is 0.909 bits per heavy atom. The molecule has 0 bridgehead atoms. The van der Waals surface area contributed by atoms with E-state index in [4.69, 9.17) is 11.6 Å². The molecular weight excluding hydrogens is 292 g/mol. The maximum atomic E-state index is 5.93. The molecule has 1 aliphatic heterocycles. The molecule has 116 valence electrons. The SMILES string of the molecule is Clc1ccc(C[NH2+]C2CC[NH+](Cc3ccccc3)CC2)cc1. The normalized spacial score (nSPS) is 21.7. The van der Waals surface area contributed by atoms with Crippen LogP contribution in [-0.4, -0.2) is 19.1 Å². The van der Waals surface area contributed by atoms with Crippen LogP contribution in [0.3, 0.4) is 0 Å². The summed E-state index contributed by atoms with van der Waals surface area (Å²) in [6.45, 7) is 4.81. The monoisotopic (exact) mass is 316 g/mol. The largest absolute Gasteiger partial charge is 0.340 e. The molecule has 0 amide bonds. The third-order valence-electron chi connectivity index (χ3n) is 4.63. The average molecular weight is 317 g/mol. The van der Waals surface area contributed by atoms with Gasteiger partial charge in [-0.05, 0) is 12.1 Å². The van der Waals surface area contributed by atoms with E-state index in [9.17, 15) is 0 Å². The minimum atomic E-state index is 0.773. The van der Waals surface area contributed by atoms with E-state index in [0.29, 0.717) is 0 Å². The zero-order chi connectivity index (χ0) is 15.2. The molecule has 0 atom stereocenters. The van der Waals surface area contributed by atoms with Crippen LogP contribution in [0, 0.1) is 0 Å². The fourth-order valence-electron chi connectivity index (χ4n) is 3.27. The first kappa shape index (κ1) is 15.5. The van der Waals surface area contributed by atoms with Gasteiger partial charge in [-0.25, -0.2) is 0 Å². The zero-order valence-corrected chi connectivity index (χ0v) is 13.7. The molecule has 0 aliphatic carbocycles. The van der Waals surface area contributed by atoms with Crippen LogP contribution in [0.5, 0.6) is 0 Å². The summed E-state index contributed by atoms with van der Waals surface area (Å²) in [5, 5.41) is 3.32. The number of hydrogen-bond donors (Lipinski definition) is 2. The highest BCUT2D eigenvalue weighted by molar-refractivity contribution is 6.30. The number of rotatable bonds is 5. The lowest BCUT2D eigenvalue weighted by atomic mass is 10.0. The van der Waals surface area contributed by atoms with Gasteiger partial charge in [0.2, 0.25) is 0 Å². The highest BCUT2D eigenvalue weighted by Crippen LogP contribution is 2.08. The summed E-state index contributed by atoms with van der Waals surface area (Å²) < 4.78 is 0. The molecule has 0 saturated carbocycles. The number of benzene rings is 2. The van der Waals surface area contributed by atoms with Crippen molar-refractivity contribution >= 4 is 11.6 Å². The van der Waals surface area contributed by atoms with E-state index in [-0.39, 0.29) is 0 Å². The van der Waals surface area contributed by atoms with E-state index in [1.807, 2.05) is 12.1 Å². The van der Waals surface area contributed by atoms with E-state index in [1.165, 1.54) is 43.6 Å². The van der Waals surface area contributed by atoms with Gasteiger partial charge >= 0.3 is 0 Å². The highest BCUT2D eigenvalue weighted by Gasteiger charge is 2.24. The molecule has 2 nitrogen and oxygen atoms in total. The van der Waals surface area contributed by atoms with Crippen LogP contribution in [0.2, 0.25) is 5.02 Å². The zero-order valence-electron chi connectivity index (χ0n) is 13.0. The molecule has 3 rings (SSSR count). The van der Waals surface area contributed by atoms with Crippen molar-refractivity contribution in [3.05, 3.63) is 70.7 Å². The predicted octanol–water partition coefficient (Wildman–Crippen LogP) is 1.65. The second kappa shape index (κ2) is 7.77. The van der Waals surface area contributed by atoms with Gasteiger partial charge in [0.1, 0.15) is 13.1 Å². The van der Waals surface area contributed by atoms with E-state index in [2.05, 4.69) is 47.8 Å². The minimum Gasteiger partial charge on any atom is -0.340 e. The van der Waals surface area contributed by atoms with Crippen LogP contribution in [0.25, 0.3) is 0 Å². The maximum Gasteiger partial charge on any atom is 0.103 e. The summed E-state index contributed by atoms with van der Waals surface area (Å²) >= 11 is 5.93. The first-order valence-corrected chi connectivity index (χ1v) is 8.62. The summed E-state index contributed by atoms with van der Waals surface area (Å²) in [6, 6.07) is 19.9. The number of halogens is 1. The Hall–Kier alpha value is -1.35. The number of piperidine rings is 1. The Kier molecular flexibility index (Phi) is 5.49. The summed E-state index contributed by atoms with van der Waals surface area (Å²) in [5.41, 5.74) is 2.82. The molecule has 1 heterocycles. The molecule has 2 aromatic carbocycles. The van der Waals surface area contributed by atoms with Gasteiger partial charge in [-0.2, -0.15) is 0 Å². The standard InChI is InChI=1S/C19H23ClN2/c20-18-8-6-16(7-9-18)14-21-19-10-12-22(13-11-19)15-17-4-2-1-3-5-17/h1-9,19,21H,10-15H2/p+2. The molecule has 3 heteroatoms. The lowest BCUT2D eigenvalue weighted by molar-refractivity contribution is -0.926. The Morgan fingerprint density at radius 3 is 2.27 bits per heavy atom. The number of nitrogens with two attached hydrogens (primary N) is 1. The first-order valence-electron chi connectivity index (χ1n) is 8.25. The van der Waals surface area contributed by atoms with Gasteiger partial charge in [0, 0.05) is 29.0 Å². The van der Waals surface area contributed by atoms with E-state index >= 15 is 0 Å². The molecule has 0 unspecified atom stereocenters. The third-order valence-corrected chi connectivity index (χ3v) is 4.89. The minimum absolute atomic E-state index is 0.773. The fraction of sp³-hybridized carbons (Fsp3) is 0.368. The third kappa shape index (κ3) is 4.57. The molecule has 1 fully saturated rings. The Labute approximate surface area is 138 Å². The summed E-state index contributed by atoms with van der Waals surface area (Å²) in [4.78, 5) is 1.72. The quantitative estimate of drug-likeness (QED) is 0.837. The predicted molar refractivity (Wildman–Crippen MR) is 90.9 cm³/mol. The molecule has 0 spiro atoms. The van der Waals surface area contributed by atoms with Gasteiger partial charge in [-0.15, -0.1) is 0 Å². The van der Waals surface area contributed by atoms with Crippen molar-refractivity contribution in [2.24, 2.45) is 0 Å². The molecular formula is C19H25ClN2+2. The molecule has 0 radical (unpaired) electrons. The van der Waals surface area contributed by atoms with Crippen molar-refractivity contribution < 1.29 is 10.2 Å². The van der Waals surface area contributed by atoms with Crippen LogP contribution in [0.1, 0.15) is 24.0 Å². The molecule has 2 aromatic rings. The van der Waals surface area contributed by atoms with Gasteiger partial charge < -0.3 is 10.2 Å². The Balaban J connectivity index is 1.41. The van der Waals surface area contributed by atoms with Crippen molar-refractivity contribution in [3.8, 4) is 0 Å². The smallest absolute Gasteiger partial charge is 0.103 e. The van der Waals surface area contributed by atoms with Gasteiger partial charge in [0.05, 0.1) is 19.1 Å². The topological polar surface area (TPSA) is 21.1 Å². The van der Waals surface area contributed by atoms with Gasteiger partial charge in [-0.1, -0.05) is 54.1 Å². The van der Waals surface area contributed by atoms with E-state index in [0.717, 1.165) is 17.6 Å². The van der Waals surface area contributed by atoms with E-state index < -0.39 is 0 Å². The maximum absolute atomic E-state index is 5.93. The van der Waals surface area contributed by atoms with Gasteiger partial charge in [0.25, 0.3) is 0 Å². The first-order chi connectivity index (χ1) is 10.8. The number of likely N-dealkylation sites (tertiary alicyclic amines) is 1. The molecule has 3 N–H and O–H groups in total. The van der Waals surface area contributed by atoms with Crippen molar-refractivity contribution in [3.63, 3.8) is 0 Å². The molecule has 22 heavy (non-hydrogen) atoms.